The Bertz CT molecular complexity index is 614. The van der Waals surface area contributed by atoms with Crippen molar-refractivity contribution in [2.75, 3.05) is 20.6 Å². The third-order valence-corrected chi connectivity index (χ3v) is 4.94. The first-order valence-electron chi connectivity index (χ1n) is 6.42. The van der Waals surface area contributed by atoms with Crippen LogP contribution >= 0.6 is 34.5 Å². The second kappa shape index (κ2) is 7.27. The van der Waals surface area contributed by atoms with Crippen LogP contribution in [0.2, 0.25) is 10.0 Å². The van der Waals surface area contributed by atoms with Crippen LogP contribution in [-0.4, -0.2) is 31.4 Å². The molecule has 2 aromatic rings. The van der Waals surface area contributed by atoms with Crippen molar-refractivity contribution in [3.05, 3.63) is 56.2 Å². The Hall–Kier alpha value is -1.07. The third kappa shape index (κ3) is 3.98. The molecule has 112 valence electrons. The van der Waals surface area contributed by atoms with E-state index in [0.717, 1.165) is 0 Å². The summed E-state index contributed by atoms with van der Waals surface area (Å²) in [7, 11) is 3.98. The molecule has 3 nitrogen and oxygen atoms in total. The van der Waals surface area contributed by atoms with Crippen molar-refractivity contribution >= 4 is 40.4 Å². The average molecular weight is 343 g/mol. The minimum absolute atomic E-state index is 0.131. The number of thiophene rings is 1. The van der Waals surface area contributed by atoms with Gasteiger partial charge in [0.25, 0.3) is 5.91 Å². The van der Waals surface area contributed by atoms with E-state index in [0.29, 0.717) is 17.1 Å². The van der Waals surface area contributed by atoms with Gasteiger partial charge in [-0.25, -0.2) is 0 Å². The molecule has 2 rings (SSSR count). The molecular formula is C15H16Cl2N2OS. The molecule has 1 aromatic heterocycles. The minimum Gasteiger partial charge on any atom is -0.350 e. The maximum atomic E-state index is 12.2. The second-order valence-corrected chi connectivity index (χ2v) is 6.57. The van der Waals surface area contributed by atoms with Gasteiger partial charge in [-0.05, 0) is 37.7 Å². The van der Waals surface area contributed by atoms with Crippen LogP contribution < -0.4 is 5.32 Å². The summed E-state index contributed by atoms with van der Waals surface area (Å²) in [4.78, 5) is 15.5. The molecule has 0 aliphatic heterocycles. The molecule has 1 aromatic carbocycles. The third-order valence-electron chi connectivity index (χ3n) is 3.15. The highest BCUT2D eigenvalue weighted by molar-refractivity contribution is 7.10. The molecule has 1 amide bonds. The first-order valence-corrected chi connectivity index (χ1v) is 8.06. The number of benzene rings is 1. The average Bonchev–Trinajstić information content (AvgIpc) is 2.95. The van der Waals surface area contributed by atoms with Crippen LogP contribution in [0.5, 0.6) is 0 Å². The summed E-state index contributed by atoms with van der Waals surface area (Å²) >= 11 is 13.7. The molecule has 0 aliphatic carbocycles. The molecule has 0 bridgehead atoms. The number of likely N-dealkylation sites (N-methyl/N-ethyl adjacent to an activating group) is 1. The van der Waals surface area contributed by atoms with E-state index in [1.54, 1.807) is 29.5 Å². The number of amides is 1. The van der Waals surface area contributed by atoms with Crippen molar-refractivity contribution in [2.45, 2.75) is 6.04 Å². The van der Waals surface area contributed by atoms with E-state index < -0.39 is 0 Å². The zero-order valence-electron chi connectivity index (χ0n) is 11.8. The maximum absolute atomic E-state index is 12.2. The number of hydrogen-bond acceptors (Lipinski definition) is 3. The zero-order valence-corrected chi connectivity index (χ0v) is 14.1. The lowest BCUT2D eigenvalue weighted by atomic mass is 10.2. The number of carbonyl (C=O) groups excluding carboxylic acids is 1. The molecule has 1 N–H and O–H groups in total. The Balaban J connectivity index is 2.07. The van der Waals surface area contributed by atoms with E-state index >= 15 is 0 Å². The van der Waals surface area contributed by atoms with Crippen molar-refractivity contribution < 1.29 is 4.79 Å². The van der Waals surface area contributed by atoms with E-state index in [9.17, 15) is 4.79 Å². The van der Waals surface area contributed by atoms with Gasteiger partial charge in [0.05, 0.1) is 21.7 Å². The van der Waals surface area contributed by atoms with Gasteiger partial charge in [-0.2, -0.15) is 0 Å². The van der Waals surface area contributed by atoms with Gasteiger partial charge in [0.1, 0.15) is 0 Å². The van der Waals surface area contributed by atoms with E-state index in [4.69, 9.17) is 23.2 Å². The van der Waals surface area contributed by atoms with E-state index in [1.807, 2.05) is 25.5 Å². The molecule has 6 heteroatoms. The Morgan fingerprint density at radius 1 is 1.29 bits per heavy atom. The lowest BCUT2D eigenvalue weighted by molar-refractivity contribution is 0.0942. The van der Waals surface area contributed by atoms with E-state index in [2.05, 4.69) is 16.3 Å². The Kier molecular flexibility index (Phi) is 5.65. The molecule has 0 fully saturated rings. The highest BCUT2D eigenvalue weighted by atomic mass is 35.5. The molecule has 21 heavy (non-hydrogen) atoms. The highest BCUT2D eigenvalue weighted by Gasteiger charge is 2.18. The largest absolute Gasteiger partial charge is 0.350 e. The van der Waals surface area contributed by atoms with Gasteiger partial charge >= 0.3 is 0 Å². The quantitative estimate of drug-likeness (QED) is 0.887. The van der Waals surface area contributed by atoms with Gasteiger partial charge in [-0.3, -0.25) is 4.79 Å². The van der Waals surface area contributed by atoms with Crippen molar-refractivity contribution in [3.8, 4) is 0 Å². The van der Waals surface area contributed by atoms with Crippen LogP contribution in [0.15, 0.2) is 35.7 Å². The van der Waals surface area contributed by atoms with E-state index in [1.165, 1.54) is 4.88 Å². The van der Waals surface area contributed by atoms with Crippen LogP contribution in [0.25, 0.3) is 0 Å². The van der Waals surface area contributed by atoms with Gasteiger partial charge in [-0.15, -0.1) is 11.3 Å². The first-order chi connectivity index (χ1) is 10.0. The fourth-order valence-corrected chi connectivity index (χ4v) is 3.29. The fraction of sp³-hybridized carbons (Fsp3) is 0.267. The molecule has 1 atom stereocenters. The van der Waals surface area contributed by atoms with Crippen molar-refractivity contribution in [2.24, 2.45) is 0 Å². The highest BCUT2D eigenvalue weighted by Crippen LogP contribution is 2.26. The summed E-state index contributed by atoms with van der Waals surface area (Å²) in [5.74, 6) is -0.217. The van der Waals surface area contributed by atoms with Gasteiger partial charge in [0.15, 0.2) is 0 Å². The summed E-state index contributed by atoms with van der Waals surface area (Å²) in [6.45, 7) is 0.509. The summed E-state index contributed by atoms with van der Waals surface area (Å²) < 4.78 is 0. The van der Waals surface area contributed by atoms with Gasteiger partial charge < -0.3 is 10.2 Å². The summed E-state index contributed by atoms with van der Waals surface area (Å²) in [6, 6.07) is 9.24. The minimum atomic E-state index is -0.217. The molecule has 0 unspecified atom stereocenters. The summed E-state index contributed by atoms with van der Waals surface area (Å²) in [5, 5.41) is 5.62. The molecular weight excluding hydrogens is 327 g/mol. The zero-order chi connectivity index (χ0) is 15.4. The summed E-state index contributed by atoms with van der Waals surface area (Å²) in [5.41, 5.74) is 0.396. The Morgan fingerprint density at radius 3 is 2.67 bits per heavy atom. The summed E-state index contributed by atoms with van der Waals surface area (Å²) in [6.07, 6.45) is 0. The smallest absolute Gasteiger partial charge is 0.252 e. The van der Waals surface area contributed by atoms with Crippen molar-refractivity contribution in [3.63, 3.8) is 0 Å². The van der Waals surface area contributed by atoms with Crippen LogP contribution in [0.3, 0.4) is 0 Å². The lowest BCUT2D eigenvalue weighted by Gasteiger charge is -2.23. The number of rotatable bonds is 5. The predicted octanol–water partition coefficient (Wildman–Crippen LogP) is 4.09. The van der Waals surface area contributed by atoms with Crippen LogP contribution in [-0.2, 0) is 0 Å². The Labute approximate surface area is 138 Å². The van der Waals surface area contributed by atoms with E-state index in [-0.39, 0.29) is 17.0 Å². The number of hydrogen-bond donors (Lipinski definition) is 1. The van der Waals surface area contributed by atoms with Crippen molar-refractivity contribution in [1.82, 2.24) is 10.2 Å². The monoisotopic (exact) mass is 342 g/mol. The van der Waals surface area contributed by atoms with Crippen molar-refractivity contribution in [1.29, 1.82) is 0 Å². The number of nitrogens with zero attached hydrogens (tertiary/aromatic N) is 1. The number of carbonyl (C=O) groups is 1. The van der Waals surface area contributed by atoms with Gasteiger partial charge in [0, 0.05) is 11.4 Å². The standard InChI is InChI=1S/C15H16Cl2N2OS/c1-19(2)12(13-7-4-8-21-13)9-18-15(20)10-5-3-6-11(16)14(10)17/h3-8,12H,9H2,1-2H3,(H,18,20)/t12-/m0/s1. The number of nitrogens with one attached hydrogen (secondary N) is 1. The van der Waals surface area contributed by atoms with Crippen LogP contribution in [0, 0.1) is 0 Å². The molecule has 1 heterocycles. The van der Waals surface area contributed by atoms with Gasteiger partial charge in [0.2, 0.25) is 0 Å². The van der Waals surface area contributed by atoms with Crippen LogP contribution in [0.1, 0.15) is 21.3 Å². The second-order valence-electron chi connectivity index (χ2n) is 4.81. The maximum Gasteiger partial charge on any atom is 0.252 e. The molecule has 0 aliphatic rings. The molecule has 0 saturated carbocycles. The topological polar surface area (TPSA) is 32.3 Å². The fourth-order valence-electron chi connectivity index (χ4n) is 1.98. The number of halogens is 2. The predicted molar refractivity (Wildman–Crippen MR) is 89.5 cm³/mol. The van der Waals surface area contributed by atoms with Gasteiger partial charge in [-0.1, -0.05) is 35.3 Å². The molecule has 0 saturated heterocycles. The molecule has 0 spiro atoms. The van der Waals surface area contributed by atoms with Crippen LogP contribution in [0.4, 0.5) is 0 Å². The molecule has 0 radical (unpaired) electrons. The normalized spacial score (nSPS) is 12.4. The first kappa shape index (κ1) is 16.3. The Morgan fingerprint density at radius 2 is 2.05 bits per heavy atom. The SMILES string of the molecule is CN(C)[C@@H](CNC(=O)c1cccc(Cl)c1Cl)c1cccs1. The lowest BCUT2D eigenvalue weighted by Crippen LogP contribution is -2.34.